The molecule has 0 aliphatic carbocycles. The first-order chi connectivity index (χ1) is 12.6. The third-order valence-electron chi connectivity index (χ3n) is 3.65. The number of hydrogen-bond donors (Lipinski definition) is 3. The Bertz CT molecular complexity index is 935. The summed E-state index contributed by atoms with van der Waals surface area (Å²) in [6.07, 6.45) is 0. The van der Waals surface area contributed by atoms with Gasteiger partial charge in [-0.2, -0.15) is 5.10 Å². The van der Waals surface area contributed by atoms with E-state index >= 15 is 0 Å². The zero-order chi connectivity index (χ0) is 18.5. The number of para-hydroxylation sites is 2. The number of H-pyrrole nitrogens is 1. The number of rotatable bonds is 6. The number of carbonyl (C=O) groups excluding carboxylic acids is 1. The Morgan fingerprint density at radius 1 is 1.35 bits per heavy atom. The van der Waals surface area contributed by atoms with Gasteiger partial charge in [-0.05, 0) is 37.3 Å². The maximum atomic E-state index is 12.0. The van der Waals surface area contributed by atoms with Gasteiger partial charge in [-0.3, -0.25) is 4.79 Å². The van der Waals surface area contributed by atoms with Crippen LogP contribution in [0.4, 0.5) is 0 Å². The predicted molar refractivity (Wildman–Crippen MR) is 102 cm³/mol. The van der Waals surface area contributed by atoms with Crippen molar-refractivity contribution in [3.05, 3.63) is 48.0 Å². The van der Waals surface area contributed by atoms with Crippen LogP contribution in [0.25, 0.3) is 11.0 Å². The first-order valence-corrected chi connectivity index (χ1v) is 8.83. The van der Waals surface area contributed by atoms with Crippen LogP contribution >= 0.6 is 11.8 Å². The lowest BCUT2D eigenvalue weighted by atomic mass is 10.1. The summed E-state index contributed by atoms with van der Waals surface area (Å²) in [6, 6.07) is 12.6. The molecule has 1 heterocycles. The van der Waals surface area contributed by atoms with Crippen molar-refractivity contribution in [3.8, 4) is 11.5 Å². The fourth-order valence-corrected chi connectivity index (χ4v) is 2.95. The van der Waals surface area contributed by atoms with Crippen LogP contribution in [0.5, 0.6) is 11.5 Å². The zero-order valence-corrected chi connectivity index (χ0v) is 15.1. The van der Waals surface area contributed by atoms with Gasteiger partial charge in [-0.25, -0.2) is 10.4 Å². The topological polar surface area (TPSA) is 99.6 Å². The van der Waals surface area contributed by atoms with E-state index < -0.39 is 0 Å². The quantitative estimate of drug-likeness (QED) is 0.352. The number of thioether (sulfide) groups is 1. The number of benzene rings is 2. The Morgan fingerprint density at radius 2 is 2.15 bits per heavy atom. The normalized spacial score (nSPS) is 11.5. The van der Waals surface area contributed by atoms with Crippen molar-refractivity contribution in [2.45, 2.75) is 12.1 Å². The molecule has 0 radical (unpaired) electrons. The van der Waals surface area contributed by atoms with E-state index in [9.17, 15) is 9.90 Å². The Kier molecular flexibility index (Phi) is 5.43. The second kappa shape index (κ2) is 7.92. The van der Waals surface area contributed by atoms with E-state index in [2.05, 4.69) is 20.5 Å². The Morgan fingerprint density at radius 3 is 2.92 bits per heavy atom. The summed E-state index contributed by atoms with van der Waals surface area (Å²) in [6.45, 7) is 1.76. The van der Waals surface area contributed by atoms with Gasteiger partial charge in [0.1, 0.15) is 0 Å². The molecule has 0 atom stereocenters. The molecule has 0 unspecified atom stereocenters. The number of aromatic amines is 1. The van der Waals surface area contributed by atoms with Crippen molar-refractivity contribution in [2.75, 3.05) is 12.9 Å². The Balaban J connectivity index is 1.58. The second-order valence-electron chi connectivity index (χ2n) is 5.47. The van der Waals surface area contributed by atoms with Crippen molar-refractivity contribution in [2.24, 2.45) is 5.10 Å². The predicted octanol–water partition coefficient (Wildman–Crippen LogP) is 2.91. The van der Waals surface area contributed by atoms with Crippen LogP contribution in [0.1, 0.15) is 12.5 Å². The minimum Gasteiger partial charge on any atom is -0.504 e. The van der Waals surface area contributed by atoms with Gasteiger partial charge < -0.3 is 14.8 Å². The van der Waals surface area contributed by atoms with E-state index in [1.165, 1.54) is 24.9 Å². The number of aromatic nitrogens is 2. The van der Waals surface area contributed by atoms with Crippen molar-refractivity contribution in [1.82, 2.24) is 15.4 Å². The van der Waals surface area contributed by atoms with Gasteiger partial charge in [0.15, 0.2) is 16.7 Å². The summed E-state index contributed by atoms with van der Waals surface area (Å²) in [4.78, 5) is 19.6. The number of amides is 1. The van der Waals surface area contributed by atoms with Crippen LogP contribution in [0, 0.1) is 0 Å². The molecular weight excluding hydrogens is 352 g/mol. The van der Waals surface area contributed by atoms with Gasteiger partial charge in [0, 0.05) is 5.56 Å². The van der Waals surface area contributed by atoms with Crippen LogP contribution in [0.2, 0.25) is 0 Å². The molecule has 7 nitrogen and oxygen atoms in total. The molecule has 1 aromatic heterocycles. The fourth-order valence-electron chi connectivity index (χ4n) is 2.28. The minimum absolute atomic E-state index is 0.0512. The molecule has 0 aliphatic heterocycles. The summed E-state index contributed by atoms with van der Waals surface area (Å²) in [5.41, 5.74) is 5.67. The Hall–Kier alpha value is -3.00. The number of nitrogens with zero attached hydrogens (tertiary/aromatic N) is 2. The van der Waals surface area contributed by atoms with Crippen molar-refractivity contribution >= 4 is 34.4 Å². The molecule has 0 aliphatic rings. The van der Waals surface area contributed by atoms with Gasteiger partial charge in [0.2, 0.25) is 0 Å². The van der Waals surface area contributed by atoms with E-state index in [0.717, 1.165) is 16.6 Å². The number of phenolic OH excluding ortho intramolecular Hbond substituents is 1. The maximum Gasteiger partial charge on any atom is 0.250 e. The largest absolute Gasteiger partial charge is 0.504 e. The molecule has 0 saturated heterocycles. The van der Waals surface area contributed by atoms with E-state index in [0.29, 0.717) is 16.6 Å². The fraction of sp³-hybridized carbons (Fsp3) is 0.167. The smallest absolute Gasteiger partial charge is 0.250 e. The number of phenols is 1. The highest BCUT2D eigenvalue weighted by Gasteiger charge is 2.08. The van der Waals surface area contributed by atoms with Crippen molar-refractivity contribution < 1.29 is 14.6 Å². The van der Waals surface area contributed by atoms with Crippen molar-refractivity contribution in [3.63, 3.8) is 0 Å². The average molecular weight is 370 g/mol. The first kappa shape index (κ1) is 17.8. The number of ether oxygens (including phenoxy) is 1. The molecular formula is C18H18N4O3S. The van der Waals surface area contributed by atoms with E-state index in [4.69, 9.17) is 4.74 Å². The maximum absolute atomic E-state index is 12.0. The monoisotopic (exact) mass is 370 g/mol. The second-order valence-corrected chi connectivity index (χ2v) is 6.43. The summed E-state index contributed by atoms with van der Waals surface area (Å²) in [5, 5.41) is 14.4. The number of fused-ring (bicyclic) bond motifs is 1. The number of methoxy groups -OCH3 is 1. The van der Waals surface area contributed by atoms with Gasteiger partial charge in [0.05, 0.1) is 29.6 Å². The number of imidazole rings is 1. The lowest BCUT2D eigenvalue weighted by molar-refractivity contribution is -0.118. The van der Waals surface area contributed by atoms with Gasteiger partial charge in [-0.15, -0.1) is 0 Å². The summed E-state index contributed by atoms with van der Waals surface area (Å²) in [5.74, 6) is 0.356. The molecule has 3 rings (SSSR count). The van der Waals surface area contributed by atoms with E-state index in [1.807, 2.05) is 24.3 Å². The highest BCUT2D eigenvalue weighted by atomic mass is 32.2. The molecule has 3 N–H and O–H groups in total. The number of hydrogen-bond acceptors (Lipinski definition) is 6. The van der Waals surface area contributed by atoms with Gasteiger partial charge in [-0.1, -0.05) is 23.9 Å². The zero-order valence-electron chi connectivity index (χ0n) is 14.3. The van der Waals surface area contributed by atoms with Gasteiger partial charge in [0.25, 0.3) is 5.91 Å². The third-order valence-corrected chi connectivity index (χ3v) is 4.53. The summed E-state index contributed by atoms with van der Waals surface area (Å²) < 4.78 is 5.07. The molecule has 0 spiro atoms. The SMILES string of the molecule is COc1cc(/C(C)=N\NC(=O)CSc2nc3ccccc3[nH]2)ccc1O. The standard InChI is InChI=1S/C18H18N4O3S/c1-11(12-7-8-15(23)16(9-12)25-2)21-22-17(24)10-26-18-19-13-5-3-4-6-14(13)20-18/h3-9,23H,10H2,1-2H3,(H,19,20)(H,22,24)/b21-11-. The summed E-state index contributed by atoms with van der Waals surface area (Å²) in [7, 11) is 1.47. The Labute approximate surface area is 154 Å². The number of aromatic hydroxyl groups is 1. The van der Waals surface area contributed by atoms with Crippen LogP contribution in [0.15, 0.2) is 52.7 Å². The molecule has 0 saturated carbocycles. The molecule has 26 heavy (non-hydrogen) atoms. The molecule has 2 aromatic carbocycles. The number of hydrazone groups is 1. The van der Waals surface area contributed by atoms with Gasteiger partial charge >= 0.3 is 0 Å². The average Bonchev–Trinajstić information content (AvgIpc) is 3.07. The highest BCUT2D eigenvalue weighted by Crippen LogP contribution is 2.26. The number of carbonyl (C=O) groups is 1. The molecule has 134 valence electrons. The molecule has 0 bridgehead atoms. The van der Waals surface area contributed by atoms with Crippen molar-refractivity contribution in [1.29, 1.82) is 0 Å². The lowest BCUT2D eigenvalue weighted by Gasteiger charge is -2.06. The minimum atomic E-state index is -0.236. The lowest BCUT2D eigenvalue weighted by Crippen LogP contribution is -2.21. The van der Waals surface area contributed by atoms with Crippen LogP contribution < -0.4 is 10.2 Å². The third kappa shape index (κ3) is 4.15. The summed E-state index contributed by atoms with van der Waals surface area (Å²) >= 11 is 1.31. The molecule has 8 heteroatoms. The van der Waals surface area contributed by atoms with E-state index in [-0.39, 0.29) is 17.4 Å². The number of nitrogens with one attached hydrogen (secondary N) is 2. The highest BCUT2D eigenvalue weighted by molar-refractivity contribution is 7.99. The first-order valence-electron chi connectivity index (χ1n) is 7.85. The van der Waals surface area contributed by atoms with Crippen LogP contribution in [0.3, 0.4) is 0 Å². The van der Waals surface area contributed by atoms with Crippen LogP contribution in [-0.4, -0.2) is 39.6 Å². The van der Waals surface area contributed by atoms with Crippen LogP contribution in [-0.2, 0) is 4.79 Å². The molecule has 0 fully saturated rings. The molecule has 1 amide bonds. The van der Waals surface area contributed by atoms with E-state index in [1.54, 1.807) is 19.1 Å². The molecule has 3 aromatic rings.